The van der Waals surface area contributed by atoms with Gasteiger partial charge in [-0.25, -0.2) is 0 Å². The normalized spacial score (nSPS) is 52.8. The smallest absolute Gasteiger partial charge is 0.227 e. The van der Waals surface area contributed by atoms with Gasteiger partial charge < -0.3 is 4.90 Å². The standard InChI is InChI=1S/C6H6ClNOS2/c7-6-2-10-4-1-3(9)8(4)5(6)11-6/h4-5H,1-2H2/t4-,5?,6?/m0/s1. The summed E-state index contributed by atoms with van der Waals surface area (Å²) in [7, 11) is 0. The second-order valence-corrected chi connectivity index (χ2v) is 6.50. The number of hydrogen-bond donors (Lipinski definition) is 0. The maximum absolute atomic E-state index is 11.1. The summed E-state index contributed by atoms with van der Waals surface area (Å²) in [5.41, 5.74) is 0. The van der Waals surface area contributed by atoms with Gasteiger partial charge in [0.25, 0.3) is 0 Å². The number of alkyl halides is 1. The van der Waals surface area contributed by atoms with Gasteiger partial charge in [-0.2, -0.15) is 0 Å². The lowest BCUT2D eigenvalue weighted by molar-refractivity contribution is -0.142. The largest absolute Gasteiger partial charge is 0.315 e. The van der Waals surface area contributed by atoms with E-state index >= 15 is 0 Å². The quantitative estimate of drug-likeness (QED) is 0.339. The van der Waals surface area contributed by atoms with E-state index < -0.39 is 0 Å². The molecule has 1 amide bonds. The summed E-state index contributed by atoms with van der Waals surface area (Å²) in [5, 5.41) is 0.756. The molecule has 0 aromatic rings. The second kappa shape index (κ2) is 1.86. The van der Waals surface area contributed by atoms with Crippen molar-refractivity contribution in [1.29, 1.82) is 0 Å². The van der Waals surface area contributed by atoms with Crippen molar-refractivity contribution in [2.24, 2.45) is 0 Å². The third-order valence-electron chi connectivity index (χ3n) is 2.29. The molecule has 3 atom stereocenters. The number of β-lactam (4-membered cyclic amide) rings is 1. The van der Waals surface area contributed by atoms with Crippen LogP contribution in [0.25, 0.3) is 0 Å². The molecule has 0 spiro atoms. The Morgan fingerprint density at radius 1 is 1.73 bits per heavy atom. The molecule has 3 fully saturated rings. The Morgan fingerprint density at radius 3 is 3.18 bits per heavy atom. The van der Waals surface area contributed by atoms with Crippen LogP contribution in [0.1, 0.15) is 6.42 Å². The van der Waals surface area contributed by atoms with Crippen molar-refractivity contribution in [3.05, 3.63) is 0 Å². The number of carbonyl (C=O) groups excluding carboxylic acids is 1. The molecule has 0 bridgehead atoms. The highest BCUT2D eigenvalue weighted by molar-refractivity contribution is 8.12. The van der Waals surface area contributed by atoms with Crippen LogP contribution < -0.4 is 0 Å². The molecule has 3 aliphatic heterocycles. The van der Waals surface area contributed by atoms with Gasteiger partial charge in [0.1, 0.15) is 9.58 Å². The molecule has 3 saturated heterocycles. The number of rotatable bonds is 0. The highest BCUT2D eigenvalue weighted by Crippen LogP contribution is 2.66. The molecule has 0 N–H and O–H groups in total. The predicted molar refractivity (Wildman–Crippen MR) is 47.7 cm³/mol. The molecule has 3 heterocycles. The lowest BCUT2D eigenvalue weighted by Gasteiger charge is -2.43. The van der Waals surface area contributed by atoms with Crippen LogP contribution >= 0.6 is 35.1 Å². The molecule has 3 rings (SSSR count). The van der Waals surface area contributed by atoms with Crippen LogP contribution in [0, 0.1) is 0 Å². The summed E-state index contributed by atoms with van der Waals surface area (Å²) >= 11 is 9.69. The van der Waals surface area contributed by atoms with Crippen molar-refractivity contribution in [3.8, 4) is 0 Å². The van der Waals surface area contributed by atoms with Gasteiger partial charge >= 0.3 is 0 Å². The van der Waals surface area contributed by atoms with Crippen molar-refractivity contribution in [1.82, 2.24) is 4.90 Å². The van der Waals surface area contributed by atoms with E-state index in [0.29, 0.717) is 10.7 Å². The van der Waals surface area contributed by atoms with E-state index in [1.807, 2.05) is 16.7 Å². The zero-order valence-electron chi connectivity index (χ0n) is 5.62. The van der Waals surface area contributed by atoms with Crippen molar-refractivity contribution in [2.45, 2.75) is 21.4 Å². The fourth-order valence-electron chi connectivity index (χ4n) is 1.55. The highest BCUT2D eigenvalue weighted by atomic mass is 35.5. The minimum absolute atomic E-state index is 0.114. The number of nitrogens with zero attached hydrogens (tertiary/aromatic N) is 1. The van der Waals surface area contributed by atoms with Crippen molar-refractivity contribution in [2.75, 3.05) is 5.75 Å². The van der Waals surface area contributed by atoms with Gasteiger partial charge in [-0.15, -0.1) is 35.1 Å². The van der Waals surface area contributed by atoms with Gasteiger partial charge in [-0.05, 0) is 0 Å². The highest BCUT2D eigenvalue weighted by Gasteiger charge is 2.66. The number of hydrogen-bond acceptors (Lipinski definition) is 3. The van der Waals surface area contributed by atoms with Gasteiger partial charge in [0.2, 0.25) is 5.91 Å². The Bertz CT molecular complexity index is 249. The summed E-state index contributed by atoms with van der Waals surface area (Å²) in [6, 6.07) is 0. The first-order chi connectivity index (χ1) is 5.21. The first-order valence-corrected chi connectivity index (χ1v) is 5.81. The Balaban J connectivity index is 1.88. The van der Waals surface area contributed by atoms with E-state index in [1.165, 1.54) is 0 Å². The first kappa shape index (κ1) is 6.92. The molecule has 0 aliphatic carbocycles. The topological polar surface area (TPSA) is 20.3 Å². The predicted octanol–water partition coefficient (Wildman–Crippen LogP) is 1.30. The van der Waals surface area contributed by atoms with E-state index in [9.17, 15) is 4.79 Å². The Morgan fingerprint density at radius 2 is 2.55 bits per heavy atom. The van der Waals surface area contributed by atoms with Crippen LogP contribution in [0.5, 0.6) is 0 Å². The number of amides is 1. The lowest BCUT2D eigenvalue weighted by atomic mass is 10.2. The van der Waals surface area contributed by atoms with Crippen LogP contribution in [0.15, 0.2) is 0 Å². The average Bonchev–Trinajstić information content (AvgIpc) is 2.56. The minimum Gasteiger partial charge on any atom is -0.315 e. The van der Waals surface area contributed by atoms with Crippen LogP contribution in [0.3, 0.4) is 0 Å². The molecule has 2 nitrogen and oxygen atoms in total. The molecular formula is C6H6ClNOS2. The fourth-order valence-corrected chi connectivity index (χ4v) is 4.88. The van der Waals surface area contributed by atoms with Crippen LogP contribution in [0.2, 0.25) is 0 Å². The lowest BCUT2D eigenvalue weighted by Crippen LogP contribution is -2.56. The molecule has 0 saturated carbocycles. The van der Waals surface area contributed by atoms with Gasteiger partial charge in [0.05, 0.1) is 11.8 Å². The van der Waals surface area contributed by atoms with Crippen LogP contribution in [0.4, 0.5) is 0 Å². The molecular weight excluding hydrogens is 202 g/mol. The fraction of sp³-hybridized carbons (Fsp3) is 0.833. The van der Waals surface area contributed by atoms with Crippen molar-refractivity contribution >= 4 is 41.0 Å². The minimum atomic E-state index is -0.114. The van der Waals surface area contributed by atoms with Gasteiger partial charge in [-0.1, -0.05) is 0 Å². The third-order valence-corrected chi connectivity index (χ3v) is 6.13. The Labute approximate surface area is 78.0 Å². The molecule has 60 valence electrons. The van der Waals surface area contributed by atoms with Crippen LogP contribution in [-0.4, -0.2) is 31.5 Å². The Kier molecular flexibility index (Phi) is 1.17. The second-order valence-electron chi connectivity index (χ2n) is 3.03. The van der Waals surface area contributed by atoms with Gasteiger partial charge in [0, 0.05) is 5.75 Å². The molecule has 3 aliphatic rings. The summed E-state index contributed by atoms with van der Waals surface area (Å²) in [6.07, 6.45) is 0.731. The number of thioether (sulfide) groups is 2. The number of fused-ring (bicyclic) bond motifs is 3. The zero-order valence-corrected chi connectivity index (χ0v) is 8.01. The molecule has 0 radical (unpaired) electrons. The summed E-state index contributed by atoms with van der Waals surface area (Å²) < 4.78 is -0.114. The maximum atomic E-state index is 11.1. The van der Waals surface area contributed by atoms with Crippen molar-refractivity contribution < 1.29 is 4.79 Å². The molecule has 5 heteroatoms. The molecule has 0 aromatic carbocycles. The summed E-state index contributed by atoms with van der Waals surface area (Å²) in [4.78, 5) is 13.0. The number of carbonyl (C=O) groups is 1. The molecule has 2 unspecified atom stereocenters. The molecule has 0 aromatic heterocycles. The van der Waals surface area contributed by atoms with Crippen LogP contribution in [-0.2, 0) is 4.79 Å². The summed E-state index contributed by atoms with van der Waals surface area (Å²) in [5.74, 6) is 1.28. The molecule has 11 heavy (non-hydrogen) atoms. The van der Waals surface area contributed by atoms with E-state index in [4.69, 9.17) is 11.6 Å². The van der Waals surface area contributed by atoms with E-state index in [2.05, 4.69) is 0 Å². The zero-order chi connectivity index (χ0) is 7.64. The number of halogens is 1. The van der Waals surface area contributed by atoms with Crippen molar-refractivity contribution in [3.63, 3.8) is 0 Å². The summed E-state index contributed by atoms with van der Waals surface area (Å²) in [6.45, 7) is 0. The van der Waals surface area contributed by atoms with E-state index in [0.717, 1.165) is 12.2 Å². The van der Waals surface area contributed by atoms with Gasteiger partial charge in [-0.3, -0.25) is 4.79 Å². The van der Waals surface area contributed by atoms with E-state index in [1.54, 1.807) is 11.8 Å². The monoisotopic (exact) mass is 207 g/mol. The SMILES string of the molecule is O=C1C[C@@H]2SCC3(Cl)SC3N12. The average molecular weight is 208 g/mol. The first-order valence-electron chi connectivity index (χ1n) is 3.50. The maximum Gasteiger partial charge on any atom is 0.227 e. The van der Waals surface area contributed by atoms with Gasteiger partial charge in [0.15, 0.2) is 0 Å². The Hall–Kier alpha value is 0.460. The third kappa shape index (κ3) is 0.756. The van der Waals surface area contributed by atoms with E-state index in [-0.39, 0.29) is 10.1 Å².